The average molecular weight is 496 g/mol. The summed E-state index contributed by atoms with van der Waals surface area (Å²) in [5.74, 6) is 0.324. The van der Waals surface area contributed by atoms with Crippen molar-refractivity contribution in [2.45, 2.75) is 31.3 Å². The van der Waals surface area contributed by atoms with Gasteiger partial charge < -0.3 is 30.9 Å². The minimum Gasteiger partial charge on any atom is -0.481 e. The van der Waals surface area contributed by atoms with Gasteiger partial charge in [-0.3, -0.25) is 4.79 Å². The average Bonchev–Trinajstić information content (AvgIpc) is 2.81. The van der Waals surface area contributed by atoms with Gasteiger partial charge in [0.05, 0.1) is 5.92 Å². The Morgan fingerprint density at radius 1 is 0.806 bits per heavy atom. The standard InChI is InChI=1S/C9H18N2.C9H15NO2.C8H16N2.3B/c1-4-8-7-11(3)6-5-9(8)10-2;1-3-7-6-10(2)5-4-8(7)9(11)12;1-3-7-6-10(2)5-4-8(7)9;;;/h4,8-10H,1,5-7H2,2-3H3;3,7-8H,1,4-6H2,2H3,(H,11,12);3,7-8H,1,4-6,9H2,2H3;;;. The van der Waals surface area contributed by atoms with Crippen LogP contribution in [0.2, 0.25) is 0 Å². The minimum atomic E-state index is -0.687. The summed E-state index contributed by atoms with van der Waals surface area (Å²) >= 11 is 0. The predicted octanol–water partition coefficient (Wildman–Crippen LogP) is 0.846. The molecule has 3 aliphatic rings. The van der Waals surface area contributed by atoms with E-state index in [0.717, 1.165) is 45.6 Å². The van der Waals surface area contributed by atoms with E-state index in [1.807, 2.05) is 20.2 Å². The third-order valence-corrected chi connectivity index (χ3v) is 7.24. The number of nitrogens with zero attached hydrogens (tertiary/aromatic N) is 3. The quantitative estimate of drug-likeness (QED) is 0.385. The van der Waals surface area contributed by atoms with E-state index in [1.54, 1.807) is 6.08 Å². The molecular formula is C26H49B3N5O2. The Morgan fingerprint density at radius 2 is 1.22 bits per heavy atom. The van der Waals surface area contributed by atoms with Gasteiger partial charge in [0.2, 0.25) is 0 Å². The zero-order valence-electron chi connectivity index (χ0n) is 23.2. The van der Waals surface area contributed by atoms with E-state index in [-0.39, 0.29) is 37.1 Å². The van der Waals surface area contributed by atoms with Crippen LogP contribution in [-0.2, 0) is 4.79 Å². The van der Waals surface area contributed by atoms with Gasteiger partial charge in [-0.15, -0.1) is 19.7 Å². The highest BCUT2D eigenvalue weighted by Crippen LogP contribution is 2.23. The fourth-order valence-electron chi connectivity index (χ4n) is 4.87. The Balaban J connectivity index is -0.000000437. The van der Waals surface area contributed by atoms with E-state index in [1.165, 1.54) is 13.0 Å². The molecule has 10 heteroatoms. The first-order chi connectivity index (χ1) is 15.7. The summed E-state index contributed by atoms with van der Waals surface area (Å²) in [5, 5.41) is 12.2. The zero-order valence-corrected chi connectivity index (χ0v) is 23.2. The van der Waals surface area contributed by atoms with Gasteiger partial charge in [0.1, 0.15) is 0 Å². The van der Waals surface area contributed by atoms with Crippen molar-refractivity contribution in [2.75, 3.05) is 67.5 Å². The Labute approximate surface area is 227 Å². The molecule has 0 amide bonds. The number of likely N-dealkylation sites (tertiary alicyclic amines) is 3. The van der Waals surface area contributed by atoms with Gasteiger partial charge in [-0.05, 0) is 67.1 Å². The number of carboxylic acids is 1. The van der Waals surface area contributed by atoms with E-state index in [0.29, 0.717) is 23.9 Å². The van der Waals surface area contributed by atoms with Crippen molar-refractivity contribution in [1.29, 1.82) is 0 Å². The van der Waals surface area contributed by atoms with E-state index >= 15 is 0 Å². The van der Waals surface area contributed by atoms with Crippen LogP contribution in [0.1, 0.15) is 19.3 Å². The number of carboxylic acid groups (broad SMARTS) is 1. The molecule has 0 aromatic rings. The molecule has 0 aromatic heterocycles. The highest BCUT2D eigenvalue weighted by atomic mass is 16.4. The second kappa shape index (κ2) is 20.7. The van der Waals surface area contributed by atoms with Crippen molar-refractivity contribution in [1.82, 2.24) is 20.0 Å². The first-order valence-electron chi connectivity index (χ1n) is 12.3. The largest absolute Gasteiger partial charge is 0.481 e. The molecule has 0 saturated carbocycles. The molecule has 36 heavy (non-hydrogen) atoms. The Kier molecular flexibility index (Phi) is 22.6. The smallest absolute Gasteiger partial charge is 0.307 e. The minimum absolute atomic E-state index is 0. The van der Waals surface area contributed by atoms with Crippen molar-refractivity contribution in [3.63, 3.8) is 0 Å². The molecule has 3 rings (SSSR count). The third kappa shape index (κ3) is 13.3. The van der Waals surface area contributed by atoms with Gasteiger partial charge in [-0.25, -0.2) is 0 Å². The maximum absolute atomic E-state index is 10.8. The molecule has 3 heterocycles. The van der Waals surface area contributed by atoms with Gasteiger partial charge in [0.25, 0.3) is 0 Å². The molecule has 6 atom stereocenters. The van der Waals surface area contributed by atoms with Gasteiger partial charge in [0.15, 0.2) is 0 Å². The highest BCUT2D eigenvalue weighted by Gasteiger charge is 2.30. The lowest BCUT2D eigenvalue weighted by Gasteiger charge is -2.34. The Bertz CT molecular complexity index is 628. The van der Waals surface area contributed by atoms with Crippen molar-refractivity contribution < 1.29 is 9.90 Å². The number of nitrogens with one attached hydrogen (secondary N) is 1. The summed E-state index contributed by atoms with van der Waals surface area (Å²) in [6.07, 6.45) is 8.88. The molecule has 0 aromatic carbocycles. The molecule has 4 N–H and O–H groups in total. The number of aliphatic carboxylic acids is 1. The van der Waals surface area contributed by atoms with E-state index in [2.05, 4.69) is 59.9 Å². The first-order valence-corrected chi connectivity index (χ1v) is 12.3. The summed E-state index contributed by atoms with van der Waals surface area (Å²) in [5.41, 5.74) is 5.85. The van der Waals surface area contributed by atoms with Crippen LogP contribution in [0.5, 0.6) is 0 Å². The van der Waals surface area contributed by atoms with Crippen LogP contribution in [0, 0.1) is 23.7 Å². The van der Waals surface area contributed by atoms with Crippen molar-refractivity contribution in [3.8, 4) is 0 Å². The number of carbonyl (C=O) groups is 1. The van der Waals surface area contributed by atoms with Gasteiger partial charge in [0, 0.05) is 74.7 Å². The molecular weight excluding hydrogens is 447 g/mol. The number of nitrogens with two attached hydrogens (primary N) is 1. The van der Waals surface area contributed by atoms with Crippen molar-refractivity contribution in [2.24, 2.45) is 29.4 Å². The van der Waals surface area contributed by atoms with Crippen LogP contribution in [-0.4, -0.2) is 131 Å². The fourth-order valence-corrected chi connectivity index (χ4v) is 4.87. The Morgan fingerprint density at radius 3 is 1.64 bits per heavy atom. The summed E-state index contributed by atoms with van der Waals surface area (Å²) in [6.45, 7) is 17.5. The first kappa shape index (κ1) is 39.2. The van der Waals surface area contributed by atoms with Crippen LogP contribution in [0.25, 0.3) is 0 Å². The van der Waals surface area contributed by atoms with Crippen molar-refractivity contribution >= 4 is 31.2 Å². The lowest BCUT2D eigenvalue weighted by molar-refractivity contribution is -0.144. The maximum Gasteiger partial charge on any atom is 0.307 e. The zero-order chi connectivity index (χ0) is 25.0. The molecule has 0 spiro atoms. The van der Waals surface area contributed by atoms with Crippen LogP contribution in [0.4, 0.5) is 0 Å². The molecule has 6 unspecified atom stereocenters. The molecule has 0 aliphatic carbocycles. The van der Waals surface area contributed by atoms with Gasteiger partial charge in [-0.2, -0.15) is 0 Å². The highest BCUT2D eigenvalue weighted by molar-refractivity contribution is 5.76. The van der Waals surface area contributed by atoms with Gasteiger partial charge >= 0.3 is 5.97 Å². The maximum atomic E-state index is 10.8. The molecule has 199 valence electrons. The predicted molar refractivity (Wildman–Crippen MR) is 157 cm³/mol. The second-order valence-corrected chi connectivity index (χ2v) is 9.86. The molecule has 3 aliphatic heterocycles. The number of piperidine rings is 3. The summed E-state index contributed by atoms with van der Waals surface area (Å²) in [4.78, 5) is 17.6. The fraction of sp³-hybridized carbons (Fsp3) is 0.731. The summed E-state index contributed by atoms with van der Waals surface area (Å²) in [6, 6.07) is 0.984. The van der Waals surface area contributed by atoms with E-state index in [4.69, 9.17) is 10.8 Å². The van der Waals surface area contributed by atoms with Crippen LogP contribution >= 0.6 is 0 Å². The SMILES string of the molecule is C=CC1CN(C)CCC1C(=O)O.C=CC1CN(C)CCC1N.C=CC1CN(C)CCC1NC.[B].[B].[B]. The molecule has 3 fully saturated rings. The molecule has 7 nitrogen and oxygen atoms in total. The monoisotopic (exact) mass is 496 g/mol. The molecule has 0 bridgehead atoms. The summed E-state index contributed by atoms with van der Waals surface area (Å²) in [7, 11) is 8.34. The number of hydrogen-bond acceptors (Lipinski definition) is 6. The normalized spacial score (nSPS) is 30.7. The van der Waals surface area contributed by atoms with Crippen LogP contribution in [0.15, 0.2) is 38.0 Å². The van der Waals surface area contributed by atoms with Crippen LogP contribution < -0.4 is 11.1 Å². The lowest BCUT2D eigenvalue weighted by atomic mass is 9.86. The van der Waals surface area contributed by atoms with E-state index in [9.17, 15) is 4.79 Å². The number of rotatable bonds is 5. The third-order valence-electron chi connectivity index (χ3n) is 7.24. The number of hydrogen-bond donors (Lipinski definition) is 3. The van der Waals surface area contributed by atoms with E-state index < -0.39 is 5.97 Å². The van der Waals surface area contributed by atoms with Gasteiger partial charge in [-0.1, -0.05) is 18.2 Å². The topological polar surface area (TPSA) is 85.1 Å². The van der Waals surface area contributed by atoms with Crippen molar-refractivity contribution in [3.05, 3.63) is 38.0 Å². The molecule has 3 saturated heterocycles. The van der Waals surface area contributed by atoms with Crippen LogP contribution in [0.3, 0.4) is 0 Å². The Hall–Kier alpha value is -1.32. The summed E-state index contributed by atoms with van der Waals surface area (Å²) < 4.78 is 0. The molecule has 9 radical (unpaired) electrons. The second-order valence-electron chi connectivity index (χ2n) is 9.86. The lowest BCUT2D eigenvalue weighted by Crippen LogP contribution is -2.46.